The second kappa shape index (κ2) is 6.88. The number of allylic oxidation sites excluding steroid dienone is 3. The topological polar surface area (TPSA) is 77.8 Å². The number of nitrogens with zero attached hydrogens (tertiary/aromatic N) is 1. The highest BCUT2D eigenvalue weighted by Gasteiger charge is 2.33. The molecule has 2 aromatic carbocycles. The van der Waals surface area contributed by atoms with Gasteiger partial charge in [0.15, 0.2) is 5.78 Å². The minimum Gasteiger partial charge on any atom is -0.507 e. The van der Waals surface area contributed by atoms with Crippen LogP contribution in [0.3, 0.4) is 0 Å². The fourth-order valence-electron chi connectivity index (χ4n) is 2.93. The first kappa shape index (κ1) is 17.5. The summed E-state index contributed by atoms with van der Waals surface area (Å²) in [4.78, 5) is 25.0. The predicted molar refractivity (Wildman–Crippen MR) is 101 cm³/mol. The molecule has 0 atom stereocenters. The van der Waals surface area contributed by atoms with E-state index in [1.165, 1.54) is 18.0 Å². The molecule has 1 aliphatic rings. The number of carbonyl (C=O) groups is 2. The minimum absolute atomic E-state index is 0.0231. The van der Waals surface area contributed by atoms with Gasteiger partial charge in [0.1, 0.15) is 17.1 Å². The number of phenolic OH excluding ortho intramolecular Hbond substituents is 1. The quantitative estimate of drug-likeness (QED) is 0.385. The van der Waals surface area contributed by atoms with Crippen LogP contribution in [-0.2, 0) is 9.59 Å². The Labute approximate surface area is 151 Å². The fourth-order valence-corrected chi connectivity index (χ4v) is 2.93. The van der Waals surface area contributed by atoms with Crippen molar-refractivity contribution in [2.45, 2.75) is 6.92 Å². The van der Waals surface area contributed by atoms with E-state index in [0.29, 0.717) is 5.56 Å². The highest BCUT2D eigenvalue weighted by atomic mass is 16.3. The van der Waals surface area contributed by atoms with Crippen LogP contribution >= 0.6 is 0 Å². The van der Waals surface area contributed by atoms with Gasteiger partial charge in [0.25, 0.3) is 5.91 Å². The Morgan fingerprint density at radius 3 is 2.54 bits per heavy atom. The van der Waals surface area contributed by atoms with Gasteiger partial charge >= 0.3 is 0 Å². The Morgan fingerprint density at radius 2 is 1.85 bits per heavy atom. The lowest BCUT2D eigenvalue weighted by Crippen LogP contribution is -2.19. The average molecular weight is 349 g/mol. The molecule has 1 aliphatic heterocycles. The number of fused-ring (bicyclic) bond motifs is 1. The van der Waals surface area contributed by atoms with Crippen molar-refractivity contribution < 1.29 is 19.8 Å². The molecule has 0 unspecified atom stereocenters. The summed E-state index contributed by atoms with van der Waals surface area (Å²) < 4.78 is 0. The number of carbonyl (C=O) groups excluding carboxylic acids is 2. The van der Waals surface area contributed by atoms with E-state index in [2.05, 4.69) is 0 Å². The van der Waals surface area contributed by atoms with E-state index in [4.69, 9.17) is 0 Å². The van der Waals surface area contributed by atoms with Gasteiger partial charge < -0.3 is 15.1 Å². The van der Waals surface area contributed by atoms with Crippen molar-refractivity contribution in [1.82, 2.24) is 4.90 Å². The average Bonchev–Trinajstić information content (AvgIpc) is 2.87. The molecule has 1 heterocycles. The number of aliphatic hydroxyl groups is 1. The number of Topliss-reactive ketones (excluding diaryl/α,β-unsaturated/α-hetero) is 1. The second-order valence-electron chi connectivity index (χ2n) is 6.29. The van der Waals surface area contributed by atoms with E-state index in [9.17, 15) is 19.8 Å². The van der Waals surface area contributed by atoms with Crippen LogP contribution in [0.1, 0.15) is 12.5 Å². The molecular weight excluding hydrogens is 330 g/mol. The van der Waals surface area contributed by atoms with Crippen molar-refractivity contribution in [1.29, 1.82) is 0 Å². The van der Waals surface area contributed by atoms with Crippen LogP contribution < -0.4 is 0 Å². The third kappa shape index (κ3) is 3.24. The summed E-state index contributed by atoms with van der Waals surface area (Å²) in [6.07, 6.45) is 4.72. The number of benzene rings is 2. The van der Waals surface area contributed by atoms with Crippen LogP contribution in [0.25, 0.3) is 16.8 Å². The van der Waals surface area contributed by atoms with E-state index in [1.807, 2.05) is 30.3 Å². The summed E-state index contributed by atoms with van der Waals surface area (Å²) >= 11 is 0. The summed E-state index contributed by atoms with van der Waals surface area (Å²) in [5.41, 5.74) is 1.23. The molecule has 0 aliphatic carbocycles. The first-order valence-corrected chi connectivity index (χ1v) is 8.17. The number of hydrogen-bond acceptors (Lipinski definition) is 4. The van der Waals surface area contributed by atoms with Crippen molar-refractivity contribution in [3.8, 4) is 5.75 Å². The molecule has 26 heavy (non-hydrogen) atoms. The summed E-state index contributed by atoms with van der Waals surface area (Å²) in [6, 6.07) is 11.2. The van der Waals surface area contributed by atoms with Crippen molar-refractivity contribution >= 4 is 28.5 Å². The zero-order valence-electron chi connectivity index (χ0n) is 14.6. The first-order chi connectivity index (χ1) is 12.4. The van der Waals surface area contributed by atoms with Crippen LogP contribution in [0.4, 0.5) is 0 Å². The number of rotatable bonds is 3. The van der Waals surface area contributed by atoms with Crippen molar-refractivity contribution in [2.75, 3.05) is 13.6 Å². The van der Waals surface area contributed by atoms with Crippen LogP contribution in [0, 0.1) is 0 Å². The SMILES string of the molecule is CC(/C=C/C(O)=C1C(=O)CN(C)C1=O)=C\c1c(O)ccc2ccccc12. The lowest BCUT2D eigenvalue weighted by Gasteiger charge is -2.06. The molecule has 5 nitrogen and oxygen atoms in total. The van der Waals surface area contributed by atoms with Gasteiger partial charge in [-0.2, -0.15) is 0 Å². The smallest absolute Gasteiger partial charge is 0.261 e. The van der Waals surface area contributed by atoms with Gasteiger partial charge in [-0.3, -0.25) is 9.59 Å². The Hall–Kier alpha value is -3.34. The summed E-state index contributed by atoms with van der Waals surface area (Å²) in [6.45, 7) is 1.78. The zero-order valence-corrected chi connectivity index (χ0v) is 14.6. The highest BCUT2D eigenvalue weighted by molar-refractivity contribution is 6.25. The first-order valence-electron chi connectivity index (χ1n) is 8.17. The normalized spacial score (nSPS) is 17.6. The van der Waals surface area contributed by atoms with Gasteiger partial charge in [0.2, 0.25) is 0 Å². The highest BCUT2D eigenvalue weighted by Crippen LogP contribution is 2.29. The van der Waals surface area contributed by atoms with Crippen molar-refractivity contribution in [3.05, 3.63) is 71.0 Å². The largest absolute Gasteiger partial charge is 0.507 e. The van der Waals surface area contributed by atoms with Gasteiger partial charge in [-0.25, -0.2) is 0 Å². The Kier molecular flexibility index (Phi) is 4.63. The van der Waals surface area contributed by atoms with Gasteiger partial charge in [-0.05, 0) is 35.9 Å². The number of hydrogen-bond donors (Lipinski definition) is 2. The molecule has 132 valence electrons. The third-order valence-electron chi connectivity index (χ3n) is 4.30. The number of amides is 1. The van der Waals surface area contributed by atoms with Crippen LogP contribution in [-0.4, -0.2) is 40.4 Å². The molecule has 5 heteroatoms. The molecule has 0 spiro atoms. The number of aromatic hydroxyl groups is 1. The Bertz CT molecular complexity index is 998. The zero-order chi connectivity index (χ0) is 18.8. The van der Waals surface area contributed by atoms with Crippen molar-refractivity contribution in [2.24, 2.45) is 0 Å². The standard InChI is InChI=1S/C21H19NO4/c1-13(7-9-18(24)20-19(25)12-22(2)21(20)26)11-16-15-6-4-3-5-14(15)8-10-17(16)23/h3-11,23-24H,12H2,1-2H3/b9-7+,13-11+,20-18?. The van der Waals surface area contributed by atoms with Crippen LogP contribution in [0.5, 0.6) is 5.75 Å². The molecule has 1 saturated heterocycles. The summed E-state index contributed by atoms with van der Waals surface area (Å²) in [5, 5.41) is 22.2. The molecule has 0 saturated carbocycles. The lowest BCUT2D eigenvalue weighted by atomic mass is 10.0. The molecule has 2 aromatic rings. The van der Waals surface area contributed by atoms with Gasteiger partial charge in [-0.15, -0.1) is 0 Å². The van der Waals surface area contributed by atoms with Crippen LogP contribution in [0.15, 0.2) is 65.5 Å². The maximum absolute atomic E-state index is 11.9. The number of phenols is 1. The molecule has 0 bridgehead atoms. The number of ketones is 1. The maximum atomic E-state index is 11.9. The third-order valence-corrected chi connectivity index (χ3v) is 4.30. The van der Waals surface area contributed by atoms with E-state index >= 15 is 0 Å². The second-order valence-corrected chi connectivity index (χ2v) is 6.29. The Balaban J connectivity index is 1.95. The number of likely N-dealkylation sites (N-methyl/N-ethyl adjacent to an activating group) is 1. The van der Waals surface area contributed by atoms with Gasteiger partial charge in [-0.1, -0.05) is 42.0 Å². The maximum Gasteiger partial charge on any atom is 0.261 e. The van der Waals surface area contributed by atoms with Gasteiger partial charge in [0, 0.05) is 12.6 Å². The lowest BCUT2D eigenvalue weighted by molar-refractivity contribution is -0.123. The minimum atomic E-state index is -0.481. The molecular formula is C21H19NO4. The molecule has 3 rings (SSSR count). The van der Waals surface area contributed by atoms with E-state index in [0.717, 1.165) is 16.3 Å². The molecule has 1 amide bonds. The van der Waals surface area contributed by atoms with E-state index < -0.39 is 11.7 Å². The molecule has 0 aromatic heterocycles. The molecule has 0 radical (unpaired) electrons. The van der Waals surface area contributed by atoms with Crippen molar-refractivity contribution in [3.63, 3.8) is 0 Å². The van der Waals surface area contributed by atoms with Gasteiger partial charge in [0.05, 0.1) is 6.54 Å². The summed E-state index contributed by atoms with van der Waals surface area (Å²) in [7, 11) is 1.51. The van der Waals surface area contributed by atoms with E-state index in [-0.39, 0.29) is 23.6 Å². The fraction of sp³-hybridized carbons (Fsp3) is 0.143. The number of aliphatic hydroxyl groups excluding tert-OH is 1. The predicted octanol–water partition coefficient (Wildman–Crippen LogP) is 3.36. The van der Waals surface area contributed by atoms with Crippen LogP contribution in [0.2, 0.25) is 0 Å². The monoisotopic (exact) mass is 349 g/mol. The molecule has 2 N–H and O–H groups in total. The number of likely N-dealkylation sites (tertiary alicyclic amines) is 1. The molecule has 1 fully saturated rings. The van der Waals surface area contributed by atoms with E-state index in [1.54, 1.807) is 25.1 Å². The Morgan fingerprint density at radius 1 is 1.12 bits per heavy atom. The summed E-state index contributed by atoms with van der Waals surface area (Å²) in [5.74, 6) is -1.07.